The number of hydrogen-bond acceptors (Lipinski definition) is 4. The molecule has 0 saturated heterocycles. The van der Waals surface area contributed by atoms with Crippen molar-refractivity contribution in [2.24, 2.45) is 0 Å². The van der Waals surface area contributed by atoms with Gasteiger partial charge < -0.3 is 0 Å². The van der Waals surface area contributed by atoms with Crippen molar-refractivity contribution in [2.75, 3.05) is 0 Å². The fraction of sp³-hybridized carbons (Fsp3) is 0. The minimum absolute atomic E-state index is 0.714. The molecule has 0 bridgehead atoms. The summed E-state index contributed by atoms with van der Waals surface area (Å²) < 4.78 is 0. The second kappa shape index (κ2) is 4.02. The molecule has 0 aliphatic rings. The quantitative estimate of drug-likeness (QED) is 0.723. The van der Waals surface area contributed by atoms with Crippen LogP contribution in [0.3, 0.4) is 0 Å². The highest BCUT2D eigenvalue weighted by Gasteiger charge is 2.00. The summed E-state index contributed by atoms with van der Waals surface area (Å²) in [7, 11) is 0. The van der Waals surface area contributed by atoms with Crippen LogP contribution in [0.4, 0.5) is 0 Å². The van der Waals surface area contributed by atoms with Gasteiger partial charge in [-0.05, 0) is 17.5 Å². The normalized spacial score (nSPS) is 12.0. The topological polar surface area (TPSA) is 25.8 Å². The maximum atomic E-state index is 4.39. The number of benzene rings is 1. The first-order valence-corrected chi connectivity index (χ1v) is 5.03. The minimum atomic E-state index is 0.714. The molecule has 0 amide bonds. The number of rotatable bonds is 1. The van der Waals surface area contributed by atoms with Crippen molar-refractivity contribution in [3.8, 4) is 0 Å². The summed E-state index contributed by atoms with van der Waals surface area (Å²) in [6.45, 7) is 0. The zero-order chi connectivity index (χ0) is 9.97. The highest BCUT2D eigenvalue weighted by atomic mass is 32.1. The van der Waals surface area contributed by atoms with Gasteiger partial charge in [-0.3, -0.25) is 4.98 Å². The van der Waals surface area contributed by atoms with E-state index in [0.717, 1.165) is 16.7 Å². The molecule has 0 fully saturated rings. The Morgan fingerprint density at radius 3 is 2.64 bits per heavy atom. The lowest BCUT2D eigenvalue weighted by Crippen LogP contribution is -1.88. The van der Waals surface area contributed by atoms with E-state index in [0.29, 0.717) is 4.91 Å². The molecule has 0 spiro atoms. The van der Waals surface area contributed by atoms with E-state index in [2.05, 4.69) is 35.2 Å². The van der Waals surface area contributed by atoms with Crippen molar-refractivity contribution in [2.45, 2.75) is 0 Å². The molecule has 0 aliphatic heterocycles. The Hall–Kier alpha value is -1.00. The van der Waals surface area contributed by atoms with E-state index in [1.165, 1.54) is 0 Å². The number of hydrogen-bond donors (Lipinski definition) is 2. The van der Waals surface area contributed by atoms with Gasteiger partial charge in [-0.2, -0.15) is 12.6 Å². The van der Waals surface area contributed by atoms with Crippen LogP contribution in [-0.2, 0) is 0 Å². The monoisotopic (exact) mass is 220 g/mol. The summed E-state index contributed by atoms with van der Waals surface area (Å²) >= 11 is 8.24. The van der Waals surface area contributed by atoms with Crippen molar-refractivity contribution >= 4 is 41.2 Å². The molecule has 1 aromatic heterocycles. The molecule has 0 unspecified atom stereocenters. The Morgan fingerprint density at radius 1 is 1.21 bits per heavy atom. The molecular formula is C10H8N2S2. The predicted molar refractivity (Wildman–Crippen MR) is 65.5 cm³/mol. The van der Waals surface area contributed by atoms with Crippen LogP contribution in [0.25, 0.3) is 15.9 Å². The third-order valence-electron chi connectivity index (χ3n) is 1.83. The second-order valence-electron chi connectivity index (χ2n) is 2.76. The van der Waals surface area contributed by atoms with Crippen LogP contribution < -0.4 is 0 Å². The van der Waals surface area contributed by atoms with Crippen LogP contribution in [0.2, 0.25) is 0 Å². The largest absolute Gasteiger partial charge is 0.252 e. The van der Waals surface area contributed by atoms with E-state index in [1.807, 2.05) is 24.3 Å². The van der Waals surface area contributed by atoms with E-state index < -0.39 is 0 Å². The highest BCUT2D eigenvalue weighted by Crippen LogP contribution is 2.18. The van der Waals surface area contributed by atoms with Gasteiger partial charge in [-0.15, -0.1) is 12.6 Å². The first-order chi connectivity index (χ1) is 6.81. The molecule has 0 aliphatic carbocycles. The lowest BCUT2D eigenvalue weighted by atomic mass is 10.3. The Labute approximate surface area is 92.9 Å². The van der Waals surface area contributed by atoms with Crippen LogP contribution >= 0.6 is 25.3 Å². The number of para-hydroxylation sites is 2. The van der Waals surface area contributed by atoms with E-state index in [-0.39, 0.29) is 0 Å². The van der Waals surface area contributed by atoms with Gasteiger partial charge in [-0.1, -0.05) is 12.1 Å². The molecule has 14 heavy (non-hydrogen) atoms. The number of aromatic nitrogens is 2. The fourth-order valence-corrected chi connectivity index (χ4v) is 1.39. The van der Waals surface area contributed by atoms with E-state index in [9.17, 15) is 0 Å². The summed E-state index contributed by atoms with van der Waals surface area (Å²) in [6, 6.07) is 7.72. The number of fused-ring (bicyclic) bond motifs is 1. The first-order valence-electron chi connectivity index (χ1n) is 4.07. The molecule has 2 nitrogen and oxygen atoms in total. The Kier molecular flexibility index (Phi) is 2.74. The van der Waals surface area contributed by atoms with Gasteiger partial charge in [0.15, 0.2) is 0 Å². The molecule has 0 atom stereocenters. The minimum Gasteiger partial charge on any atom is -0.252 e. The average Bonchev–Trinajstić information content (AvgIpc) is 2.27. The van der Waals surface area contributed by atoms with Crippen molar-refractivity contribution in [3.63, 3.8) is 0 Å². The number of thiol groups is 2. The van der Waals surface area contributed by atoms with Gasteiger partial charge in [0.1, 0.15) is 0 Å². The lowest BCUT2D eigenvalue weighted by Gasteiger charge is -2.00. The van der Waals surface area contributed by atoms with Crippen LogP contribution in [0.1, 0.15) is 5.69 Å². The standard InChI is InChI=1S/C10H8N2S2/c13-6-10(14)9-5-11-7-3-1-2-4-8(7)12-9/h1-6,13-14H/b10-6-. The molecule has 70 valence electrons. The second-order valence-corrected chi connectivity index (χ2v) is 3.50. The van der Waals surface area contributed by atoms with Crippen molar-refractivity contribution in [3.05, 3.63) is 41.6 Å². The van der Waals surface area contributed by atoms with Crippen LogP contribution in [0.15, 0.2) is 35.9 Å². The summed E-state index contributed by atoms with van der Waals surface area (Å²) in [6.07, 6.45) is 1.69. The fourth-order valence-electron chi connectivity index (χ4n) is 1.15. The maximum Gasteiger partial charge on any atom is 0.0958 e. The van der Waals surface area contributed by atoms with Gasteiger partial charge in [0.05, 0.1) is 22.9 Å². The summed E-state index contributed by atoms with van der Waals surface area (Å²) in [5.74, 6) is 0. The van der Waals surface area contributed by atoms with Gasteiger partial charge in [-0.25, -0.2) is 4.98 Å². The SMILES string of the molecule is S/C=C(\S)c1cnc2ccccc2n1. The van der Waals surface area contributed by atoms with Crippen LogP contribution in [0.5, 0.6) is 0 Å². The first kappa shape index (κ1) is 9.55. The molecule has 2 aromatic rings. The molecular weight excluding hydrogens is 212 g/mol. The Balaban J connectivity index is 2.62. The van der Waals surface area contributed by atoms with E-state index in [1.54, 1.807) is 11.6 Å². The Bertz CT molecular complexity index is 494. The Morgan fingerprint density at radius 2 is 1.93 bits per heavy atom. The maximum absolute atomic E-state index is 4.39. The van der Waals surface area contributed by atoms with Crippen LogP contribution in [0, 0.1) is 0 Å². The molecule has 1 heterocycles. The summed E-state index contributed by atoms with van der Waals surface area (Å²) in [5, 5.41) is 1.60. The third-order valence-corrected chi connectivity index (χ3v) is 2.65. The zero-order valence-electron chi connectivity index (χ0n) is 7.25. The molecule has 1 aromatic carbocycles. The van der Waals surface area contributed by atoms with Crippen molar-refractivity contribution in [1.82, 2.24) is 9.97 Å². The summed E-state index contributed by atoms with van der Waals surface area (Å²) in [4.78, 5) is 9.37. The van der Waals surface area contributed by atoms with Crippen LogP contribution in [-0.4, -0.2) is 9.97 Å². The molecule has 0 N–H and O–H groups in total. The zero-order valence-corrected chi connectivity index (χ0v) is 9.04. The molecule has 0 radical (unpaired) electrons. The lowest BCUT2D eigenvalue weighted by molar-refractivity contribution is 1.26. The summed E-state index contributed by atoms with van der Waals surface area (Å²) in [5.41, 5.74) is 2.49. The molecule has 0 saturated carbocycles. The molecule has 2 rings (SSSR count). The van der Waals surface area contributed by atoms with Gasteiger partial charge in [0.2, 0.25) is 0 Å². The van der Waals surface area contributed by atoms with E-state index in [4.69, 9.17) is 0 Å². The molecule has 4 heteroatoms. The highest BCUT2D eigenvalue weighted by molar-refractivity contribution is 7.92. The van der Waals surface area contributed by atoms with Crippen molar-refractivity contribution in [1.29, 1.82) is 0 Å². The smallest absolute Gasteiger partial charge is 0.0958 e. The van der Waals surface area contributed by atoms with Gasteiger partial charge in [0, 0.05) is 4.91 Å². The van der Waals surface area contributed by atoms with Gasteiger partial charge >= 0.3 is 0 Å². The van der Waals surface area contributed by atoms with Crippen molar-refractivity contribution < 1.29 is 0 Å². The third kappa shape index (κ3) is 1.76. The number of nitrogens with zero attached hydrogens (tertiary/aromatic N) is 2. The average molecular weight is 220 g/mol. The van der Waals surface area contributed by atoms with E-state index >= 15 is 0 Å². The van der Waals surface area contributed by atoms with Gasteiger partial charge in [0.25, 0.3) is 0 Å². The predicted octanol–water partition coefficient (Wildman–Crippen LogP) is 2.79.